The SMILES string of the molecule is CCCCN(CCCC)c1cc2c(cc1N(CC)CC)Oc1ncnc(C)c1C21OC(=O)c2ccccc21. The third kappa shape index (κ3) is 4.08. The topological polar surface area (TPSA) is 67.8 Å². The predicted octanol–water partition coefficient (Wildman–Crippen LogP) is 6.61. The van der Waals surface area contributed by atoms with E-state index in [1.165, 1.54) is 6.33 Å². The van der Waals surface area contributed by atoms with Gasteiger partial charge in [0.05, 0.1) is 33.8 Å². The van der Waals surface area contributed by atoms with Gasteiger partial charge in [-0.15, -0.1) is 0 Å². The van der Waals surface area contributed by atoms with Gasteiger partial charge in [0.2, 0.25) is 5.88 Å². The molecule has 200 valence electrons. The molecule has 0 fully saturated rings. The summed E-state index contributed by atoms with van der Waals surface area (Å²) in [4.78, 5) is 27.2. The standard InChI is InChI=1S/C31H38N4O3/c1-6-10-16-35(17-11-7-2)25-18-24-27(19-26(25)34(8-3)9-4)37-29-28(21(5)32-20-33-29)31(24)23-15-13-12-14-22(23)30(36)38-31/h12-15,18-20H,6-11,16-17H2,1-5H3. The van der Waals surface area contributed by atoms with E-state index >= 15 is 0 Å². The smallest absolute Gasteiger partial charge is 0.340 e. The number of esters is 1. The van der Waals surface area contributed by atoms with E-state index in [1.807, 2.05) is 31.2 Å². The van der Waals surface area contributed by atoms with Crippen LogP contribution in [0.25, 0.3) is 0 Å². The maximum Gasteiger partial charge on any atom is 0.340 e. The van der Waals surface area contributed by atoms with Gasteiger partial charge in [0.25, 0.3) is 0 Å². The molecule has 1 spiro atoms. The van der Waals surface area contributed by atoms with Crippen LogP contribution in [0.1, 0.15) is 86.1 Å². The molecule has 1 aromatic heterocycles. The first-order valence-corrected chi connectivity index (χ1v) is 14.0. The van der Waals surface area contributed by atoms with E-state index in [-0.39, 0.29) is 5.97 Å². The molecular formula is C31H38N4O3. The number of benzene rings is 2. The van der Waals surface area contributed by atoms with Crippen LogP contribution >= 0.6 is 0 Å². The molecule has 3 heterocycles. The Morgan fingerprint density at radius 2 is 1.55 bits per heavy atom. The first-order chi connectivity index (χ1) is 18.5. The second-order valence-corrected chi connectivity index (χ2v) is 10.1. The van der Waals surface area contributed by atoms with Gasteiger partial charge in [-0.2, -0.15) is 0 Å². The summed E-state index contributed by atoms with van der Waals surface area (Å²) in [6.07, 6.45) is 5.96. The summed E-state index contributed by atoms with van der Waals surface area (Å²) in [6, 6.07) is 12.0. The van der Waals surface area contributed by atoms with E-state index < -0.39 is 5.60 Å². The number of carbonyl (C=O) groups excluding carboxylic acids is 1. The number of hydrogen-bond acceptors (Lipinski definition) is 7. The van der Waals surface area contributed by atoms with E-state index in [1.54, 1.807) is 0 Å². The summed E-state index contributed by atoms with van der Waals surface area (Å²) in [5.74, 6) is 0.754. The maximum absolute atomic E-state index is 13.3. The van der Waals surface area contributed by atoms with Crippen molar-refractivity contribution < 1.29 is 14.3 Å². The Bertz CT molecular complexity index is 1330. The van der Waals surface area contributed by atoms with E-state index in [9.17, 15) is 4.79 Å². The number of ether oxygens (including phenoxy) is 2. The number of hydrogen-bond donors (Lipinski definition) is 0. The largest absolute Gasteiger partial charge is 0.440 e. The molecule has 0 aliphatic carbocycles. The van der Waals surface area contributed by atoms with Crippen LogP contribution in [0.3, 0.4) is 0 Å². The van der Waals surface area contributed by atoms with Crippen LogP contribution in [0.2, 0.25) is 0 Å². The van der Waals surface area contributed by atoms with E-state index in [4.69, 9.17) is 9.47 Å². The Balaban J connectivity index is 1.82. The van der Waals surface area contributed by atoms with Crippen molar-refractivity contribution in [1.29, 1.82) is 0 Å². The van der Waals surface area contributed by atoms with Gasteiger partial charge < -0.3 is 19.3 Å². The first kappa shape index (κ1) is 26.0. The minimum atomic E-state index is -1.17. The number of anilines is 2. The fourth-order valence-corrected chi connectivity index (χ4v) is 5.81. The van der Waals surface area contributed by atoms with E-state index in [0.29, 0.717) is 22.8 Å². The molecule has 7 nitrogen and oxygen atoms in total. The first-order valence-electron chi connectivity index (χ1n) is 14.0. The fourth-order valence-electron chi connectivity index (χ4n) is 5.81. The Kier molecular flexibility index (Phi) is 7.28. The van der Waals surface area contributed by atoms with Crippen molar-refractivity contribution in [2.75, 3.05) is 36.0 Å². The van der Waals surface area contributed by atoms with Gasteiger partial charge in [0, 0.05) is 37.8 Å². The van der Waals surface area contributed by atoms with Gasteiger partial charge in [-0.05, 0) is 45.7 Å². The van der Waals surface area contributed by atoms with Crippen molar-refractivity contribution in [3.63, 3.8) is 0 Å². The van der Waals surface area contributed by atoms with Crippen molar-refractivity contribution in [1.82, 2.24) is 9.97 Å². The second-order valence-electron chi connectivity index (χ2n) is 10.1. The van der Waals surface area contributed by atoms with Crippen LogP contribution in [0, 0.1) is 6.92 Å². The number of nitrogens with zero attached hydrogens (tertiary/aromatic N) is 4. The van der Waals surface area contributed by atoms with Crippen molar-refractivity contribution in [3.05, 3.63) is 70.7 Å². The quantitative estimate of drug-likeness (QED) is 0.282. The molecule has 1 atom stereocenters. The Labute approximate surface area is 225 Å². The third-order valence-electron chi connectivity index (χ3n) is 7.80. The number of carbonyl (C=O) groups is 1. The lowest BCUT2D eigenvalue weighted by Gasteiger charge is -2.39. The number of rotatable bonds is 10. The fraction of sp³-hybridized carbons (Fsp3) is 0.452. The zero-order valence-corrected chi connectivity index (χ0v) is 23.2. The lowest BCUT2D eigenvalue weighted by atomic mass is 9.77. The summed E-state index contributed by atoms with van der Waals surface area (Å²) in [6.45, 7) is 14.4. The molecule has 2 aromatic carbocycles. The average Bonchev–Trinajstić information content (AvgIpc) is 3.22. The Morgan fingerprint density at radius 1 is 0.868 bits per heavy atom. The maximum atomic E-state index is 13.3. The van der Waals surface area contributed by atoms with Gasteiger partial charge in [-0.1, -0.05) is 44.9 Å². The Morgan fingerprint density at radius 3 is 2.24 bits per heavy atom. The third-order valence-corrected chi connectivity index (χ3v) is 7.80. The summed E-state index contributed by atoms with van der Waals surface area (Å²) >= 11 is 0. The minimum Gasteiger partial charge on any atom is -0.440 e. The molecule has 38 heavy (non-hydrogen) atoms. The highest BCUT2D eigenvalue weighted by Gasteiger charge is 2.55. The molecule has 2 aliphatic heterocycles. The second kappa shape index (κ2) is 10.6. The zero-order valence-electron chi connectivity index (χ0n) is 23.2. The molecule has 0 bridgehead atoms. The Hall–Kier alpha value is -3.61. The van der Waals surface area contributed by atoms with Crippen LogP contribution in [-0.4, -0.2) is 42.1 Å². The number of aryl methyl sites for hydroxylation is 1. The number of fused-ring (bicyclic) bond motifs is 6. The molecule has 0 saturated heterocycles. The lowest BCUT2D eigenvalue weighted by molar-refractivity contribution is 0.0218. The predicted molar refractivity (Wildman–Crippen MR) is 151 cm³/mol. The van der Waals surface area contributed by atoms with Gasteiger partial charge >= 0.3 is 5.97 Å². The minimum absolute atomic E-state index is 0.342. The number of unbranched alkanes of at least 4 members (excludes halogenated alkanes) is 2. The molecule has 5 rings (SSSR count). The van der Waals surface area contributed by atoms with Gasteiger partial charge in [0.15, 0.2) is 5.60 Å². The molecule has 0 amide bonds. The highest BCUT2D eigenvalue weighted by Crippen LogP contribution is 2.57. The molecule has 7 heteroatoms. The molecule has 1 unspecified atom stereocenters. The average molecular weight is 515 g/mol. The van der Waals surface area contributed by atoms with Crippen molar-refractivity contribution in [2.24, 2.45) is 0 Å². The molecule has 3 aromatic rings. The van der Waals surface area contributed by atoms with Gasteiger partial charge in [0.1, 0.15) is 12.1 Å². The van der Waals surface area contributed by atoms with Gasteiger partial charge in [-0.25, -0.2) is 14.8 Å². The lowest BCUT2D eigenvalue weighted by Crippen LogP contribution is -2.36. The number of aromatic nitrogens is 2. The molecular weight excluding hydrogens is 476 g/mol. The normalized spacial score (nSPS) is 16.9. The molecule has 0 radical (unpaired) electrons. The van der Waals surface area contributed by atoms with E-state index in [2.05, 4.69) is 59.6 Å². The van der Waals surface area contributed by atoms with E-state index in [0.717, 1.165) is 80.1 Å². The van der Waals surface area contributed by atoms with Gasteiger partial charge in [-0.3, -0.25) is 0 Å². The van der Waals surface area contributed by atoms with Crippen molar-refractivity contribution >= 4 is 17.3 Å². The summed E-state index contributed by atoms with van der Waals surface area (Å²) < 4.78 is 12.9. The van der Waals surface area contributed by atoms with Crippen molar-refractivity contribution in [3.8, 4) is 11.6 Å². The summed E-state index contributed by atoms with van der Waals surface area (Å²) in [5, 5.41) is 0. The summed E-state index contributed by atoms with van der Waals surface area (Å²) in [7, 11) is 0. The van der Waals surface area contributed by atoms with Crippen LogP contribution in [0.4, 0.5) is 11.4 Å². The highest BCUT2D eigenvalue weighted by atomic mass is 16.6. The van der Waals surface area contributed by atoms with Crippen LogP contribution in [-0.2, 0) is 10.3 Å². The molecule has 0 saturated carbocycles. The van der Waals surface area contributed by atoms with Crippen LogP contribution in [0.15, 0.2) is 42.7 Å². The highest BCUT2D eigenvalue weighted by molar-refractivity contribution is 5.97. The summed E-state index contributed by atoms with van der Waals surface area (Å²) in [5.41, 5.74) is 4.74. The zero-order chi connectivity index (χ0) is 26.9. The monoisotopic (exact) mass is 514 g/mol. The van der Waals surface area contributed by atoms with Crippen molar-refractivity contribution in [2.45, 2.75) is 65.9 Å². The van der Waals surface area contributed by atoms with Crippen LogP contribution < -0.4 is 14.5 Å². The molecule has 2 aliphatic rings. The van der Waals surface area contributed by atoms with Crippen LogP contribution in [0.5, 0.6) is 11.6 Å². The molecule has 0 N–H and O–H groups in total.